The number of hydrogen-bond acceptors (Lipinski definition) is 14. The van der Waals surface area contributed by atoms with Crippen molar-refractivity contribution in [2.24, 2.45) is 29.1 Å². The third-order valence-corrected chi connectivity index (χ3v) is 12.9. The first-order valence-corrected chi connectivity index (χ1v) is 25.3. The van der Waals surface area contributed by atoms with Gasteiger partial charge < -0.3 is 69.5 Å². The van der Waals surface area contributed by atoms with Crippen LogP contribution in [0.1, 0.15) is 112 Å². The predicted molar refractivity (Wildman–Crippen MR) is 271 cm³/mol. The number of aliphatic hydroxyl groups excluding tert-OH is 2. The van der Waals surface area contributed by atoms with Gasteiger partial charge in [-0.1, -0.05) is 64.4 Å². The second-order valence-corrected chi connectivity index (χ2v) is 20.0. The molecule has 0 saturated carbocycles. The number of hydrogen-bond donors (Lipinski definition) is 13. The van der Waals surface area contributed by atoms with Crippen LogP contribution < -0.4 is 60.3 Å². The smallest absolute Gasteiger partial charge is 0.262 e. The van der Waals surface area contributed by atoms with Crippen molar-refractivity contribution in [3.8, 4) is 0 Å². The van der Waals surface area contributed by atoms with Gasteiger partial charge >= 0.3 is 0 Å². The molecule has 1 saturated heterocycles. The molecule has 0 aromatic heterocycles. The highest BCUT2D eigenvalue weighted by Crippen LogP contribution is 2.22. The van der Waals surface area contributed by atoms with Gasteiger partial charge in [-0.05, 0) is 76.7 Å². The van der Waals surface area contributed by atoms with E-state index in [1.807, 2.05) is 0 Å². The van der Waals surface area contributed by atoms with Gasteiger partial charge in [0.1, 0.15) is 48.3 Å². The summed E-state index contributed by atoms with van der Waals surface area (Å²) in [6.07, 6.45) is -0.355. The minimum atomic E-state index is -1.80. The molecule has 0 aliphatic carbocycles. The summed E-state index contributed by atoms with van der Waals surface area (Å²) < 4.78 is 0. The van der Waals surface area contributed by atoms with Crippen LogP contribution in [0.2, 0.25) is 0 Å². The second-order valence-electron chi connectivity index (χ2n) is 20.0. The molecule has 1 heterocycles. The van der Waals surface area contributed by atoms with Crippen molar-refractivity contribution in [1.82, 2.24) is 47.1 Å². The number of likely N-dealkylation sites (tertiary alicyclic amines) is 1. The number of primary amides is 1. The number of benzene rings is 1. The molecule has 1 fully saturated rings. The van der Waals surface area contributed by atoms with E-state index in [2.05, 4.69) is 43.0 Å². The predicted octanol–water partition coefficient (Wildman–Crippen LogP) is -4.17. The SMILES string of the molecule is CC[C@H](C)[C@H](NC(=O)[C@H](Cc1ccccc1)N(N)C(=O)[C@@H](NC(=O)[C@H](CCCC[NH3+])NC(=O)[C@H](CO)NC(C)=O)[C@@H](C)O)C(=O)N[C@@H](CCC(N)=O)C(=O)N[C@H](C(=O)N1CCC[C@@H]1C(=O)NC(C)(C)CN)C(C)C. The van der Waals surface area contributed by atoms with Crippen LogP contribution >= 0.6 is 0 Å². The molecule has 0 bridgehead atoms. The van der Waals surface area contributed by atoms with E-state index in [1.165, 1.54) is 11.8 Å². The van der Waals surface area contributed by atoms with Crippen LogP contribution in [0.15, 0.2) is 30.3 Å². The fourth-order valence-electron chi connectivity index (χ4n) is 8.10. The molecule has 0 spiro atoms. The van der Waals surface area contributed by atoms with Crippen LogP contribution in [0.3, 0.4) is 0 Å². The lowest BCUT2D eigenvalue weighted by molar-refractivity contribution is -0.368. The molecule has 1 aromatic rings. The van der Waals surface area contributed by atoms with Crippen LogP contribution in [0.25, 0.3) is 0 Å². The first kappa shape index (κ1) is 63.8. The summed E-state index contributed by atoms with van der Waals surface area (Å²) in [6.45, 7) is 12.7. The zero-order valence-corrected chi connectivity index (χ0v) is 44.2. The number of unbranched alkanes of at least 4 members (excludes halogenated alkanes) is 1. The number of carbonyl (C=O) groups is 10. The van der Waals surface area contributed by atoms with Gasteiger partial charge in [0.2, 0.25) is 53.2 Å². The third kappa shape index (κ3) is 19.9. The lowest BCUT2D eigenvalue weighted by Gasteiger charge is -2.34. The Bertz CT molecular complexity index is 2080. The fraction of sp³-hybridized carbons (Fsp3) is 0.673. The summed E-state index contributed by atoms with van der Waals surface area (Å²) in [5.74, 6) is -2.62. The molecule has 25 heteroatoms. The highest BCUT2D eigenvalue weighted by molar-refractivity contribution is 5.98. The molecule has 18 N–H and O–H groups in total. The summed E-state index contributed by atoms with van der Waals surface area (Å²) in [4.78, 5) is 137. The molecular weight excluding hydrogens is 963 g/mol. The Hall–Kier alpha value is -6.28. The summed E-state index contributed by atoms with van der Waals surface area (Å²) in [7, 11) is 0. The number of amides is 10. The lowest BCUT2D eigenvalue weighted by Crippen LogP contribution is -2.65. The summed E-state index contributed by atoms with van der Waals surface area (Å²) >= 11 is 0. The number of nitrogens with one attached hydrogen (secondary N) is 7. The van der Waals surface area contributed by atoms with Gasteiger partial charge in [0.15, 0.2) is 0 Å². The topological polar surface area (TPSA) is 408 Å². The van der Waals surface area contributed by atoms with E-state index in [-0.39, 0.29) is 38.8 Å². The van der Waals surface area contributed by atoms with Crippen molar-refractivity contribution in [3.63, 3.8) is 0 Å². The van der Waals surface area contributed by atoms with Crippen molar-refractivity contribution in [2.45, 2.75) is 173 Å². The number of carbonyl (C=O) groups excluding carboxylic acids is 10. The Kier molecular flexibility index (Phi) is 26.6. The quantitative estimate of drug-likeness (QED) is 0.0145. The van der Waals surface area contributed by atoms with E-state index < -0.39 is 137 Å². The Morgan fingerprint density at radius 2 is 1.36 bits per heavy atom. The average molecular weight is 1050 g/mol. The second kappa shape index (κ2) is 30.8. The number of hydrazine groups is 1. The fourth-order valence-corrected chi connectivity index (χ4v) is 8.10. The van der Waals surface area contributed by atoms with E-state index in [9.17, 15) is 58.2 Å². The highest BCUT2D eigenvalue weighted by Gasteiger charge is 2.42. The van der Waals surface area contributed by atoms with Crippen LogP contribution in [0.4, 0.5) is 0 Å². The number of aliphatic hydroxyl groups is 2. The Labute approximate surface area is 433 Å². The van der Waals surface area contributed by atoms with Crippen molar-refractivity contribution in [1.29, 1.82) is 0 Å². The van der Waals surface area contributed by atoms with Crippen molar-refractivity contribution in [2.75, 3.05) is 26.2 Å². The van der Waals surface area contributed by atoms with Gasteiger partial charge in [-0.25, -0.2) is 5.84 Å². The molecule has 10 amide bonds. The molecule has 74 heavy (non-hydrogen) atoms. The maximum absolute atomic E-state index is 14.6. The van der Waals surface area contributed by atoms with Crippen molar-refractivity contribution in [3.05, 3.63) is 35.9 Å². The Morgan fingerprint density at radius 1 is 0.797 bits per heavy atom. The summed E-state index contributed by atoms with van der Waals surface area (Å²) in [6, 6.07) is -2.62. The van der Waals surface area contributed by atoms with Gasteiger partial charge in [-0.2, -0.15) is 0 Å². The number of rotatable bonds is 31. The zero-order valence-electron chi connectivity index (χ0n) is 44.2. The largest absolute Gasteiger partial charge is 0.394 e. The first-order chi connectivity index (χ1) is 34.7. The molecule has 10 atom stereocenters. The number of quaternary nitrogens is 1. The lowest BCUT2D eigenvalue weighted by atomic mass is 9.96. The Morgan fingerprint density at radius 3 is 1.89 bits per heavy atom. The normalized spacial score (nSPS) is 17.2. The first-order valence-electron chi connectivity index (χ1n) is 25.3. The highest BCUT2D eigenvalue weighted by atomic mass is 16.3. The molecular formula is C49H84N13O12+. The van der Waals surface area contributed by atoms with Crippen LogP contribution in [-0.4, -0.2) is 165 Å². The molecule has 25 nitrogen and oxygen atoms in total. The average Bonchev–Trinajstić information content (AvgIpc) is 3.85. The zero-order chi connectivity index (χ0) is 56.0. The number of nitrogens with zero attached hydrogens (tertiary/aromatic N) is 2. The van der Waals surface area contributed by atoms with Gasteiger partial charge in [-0.15, -0.1) is 0 Å². The molecule has 1 aromatic carbocycles. The van der Waals surface area contributed by atoms with E-state index in [0.717, 1.165) is 6.92 Å². The van der Waals surface area contributed by atoms with Gasteiger partial charge in [0, 0.05) is 38.4 Å². The molecule has 2 rings (SSSR count). The standard InChI is InChI=1S/C49H83N13O12/c1-9-28(4)39(46(72)56-33(20-21-37(52)66)42(68)57-38(27(2)3)47(73)61-23-15-19-35(61)45(71)60-49(7,8)26-51)58-44(70)36(24-31-16-11-10-12-17-31)62(53)48(74)40(29(5)64)59-41(67)32(18-13-14-22-50)55-43(69)34(25-63)54-30(6)65/h10-12,16-17,27-29,32-36,38-40,63-64H,9,13-15,18-26,50-51,53H2,1-8H3,(H2,52,66)(H,54,65)(H,55,69)(H,56,72)(H,57,68)(H,58,70)(H,59,67)(H,60,71)/p+1/t28-,29+,32-,33-,34-,35+,36-,38-,39-,40-/m0/s1. The van der Waals surface area contributed by atoms with Gasteiger partial charge in [-0.3, -0.25) is 53.0 Å². The van der Waals surface area contributed by atoms with E-state index in [4.69, 9.17) is 17.3 Å². The molecule has 1 aliphatic rings. The maximum Gasteiger partial charge on any atom is 0.262 e. The van der Waals surface area contributed by atoms with Crippen LogP contribution in [0, 0.1) is 11.8 Å². The van der Waals surface area contributed by atoms with Gasteiger partial charge in [0.25, 0.3) is 5.91 Å². The monoisotopic (exact) mass is 1050 g/mol. The minimum absolute atomic E-state index is 0.0335. The van der Waals surface area contributed by atoms with E-state index >= 15 is 0 Å². The van der Waals surface area contributed by atoms with E-state index in [0.29, 0.717) is 49.2 Å². The maximum atomic E-state index is 14.6. The molecule has 416 valence electrons. The number of nitrogens with two attached hydrogens (primary N) is 3. The summed E-state index contributed by atoms with van der Waals surface area (Å²) in [5, 5.41) is 39.3. The third-order valence-electron chi connectivity index (χ3n) is 12.9. The van der Waals surface area contributed by atoms with Crippen molar-refractivity contribution >= 4 is 59.1 Å². The van der Waals surface area contributed by atoms with Gasteiger partial charge in [0.05, 0.1) is 19.3 Å². The summed E-state index contributed by atoms with van der Waals surface area (Å²) in [5.41, 5.74) is 14.9. The van der Waals surface area contributed by atoms with E-state index in [1.54, 1.807) is 71.9 Å². The van der Waals surface area contributed by atoms with Crippen LogP contribution in [-0.2, 0) is 54.4 Å². The minimum Gasteiger partial charge on any atom is -0.394 e. The Balaban J connectivity index is 2.50. The van der Waals surface area contributed by atoms with Crippen LogP contribution in [0.5, 0.6) is 0 Å². The molecule has 0 unspecified atom stereocenters. The molecule has 0 radical (unpaired) electrons. The van der Waals surface area contributed by atoms with Crippen molar-refractivity contribution < 1.29 is 63.9 Å². The molecule has 1 aliphatic heterocycles.